The highest BCUT2D eigenvalue weighted by molar-refractivity contribution is 7.12. The minimum atomic E-state index is -0.210. The summed E-state index contributed by atoms with van der Waals surface area (Å²) in [7, 11) is 1.39. The van der Waals surface area contributed by atoms with Crippen molar-refractivity contribution < 1.29 is 9.53 Å². The first-order valence-electron chi connectivity index (χ1n) is 3.46. The largest absolute Gasteiger partial charge is 0.469 e. The van der Waals surface area contributed by atoms with E-state index in [0.717, 1.165) is 9.75 Å². The van der Waals surface area contributed by atoms with Crippen LogP contribution in [0.25, 0.3) is 0 Å². The Morgan fingerprint density at radius 2 is 2.25 bits per heavy atom. The number of rotatable bonds is 3. The van der Waals surface area contributed by atoms with Gasteiger partial charge in [0.1, 0.15) is 0 Å². The Morgan fingerprint density at radius 1 is 1.58 bits per heavy atom. The normalized spacial score (nSPS) is 9.83. The molecule has 0 spiro atoms. The Labute approximate surface area is 80.1 Å². The smallest absolute Gasteiger partial charge is 0.310 e. The van der Waals surface area contributed by atoms with Crippen LogP contribution in [-0.4, -0.2) is 13.1 Å². The number of hydrogen-bond acceptors (Lipinski definition) is 3. The first-order chi connectivity index (χ1) is 5.76. The highest BCUT2D eigenvalue weighted by atomic mass is 35.5. The van der Waals surface area contributed by atoms with Crippen LogP contribution in [0.1, 0.15) is 9.75 Å². The third-order valence-corrected chi connectivity index (χ3v) is 2.93. The number of halogens is 1. The van der Waals surface area contributed by atoms with Gasteiger partial charge in [0.05, 0.1) is 19.4 Å². The molecule has 1 heterocycles. The fourth-order valence-corrected chi connectivity index (χ4v) is 1.91. The van der Waals surface area contributed by atoms with Crippen molar-refractivity contribution in [3.8, 4) is 0 Å². The average molecular weight is 205 g/mol. The first kappa shape index (κ1) is 9.55. The van der Waals surface area contributed by atoms with Gasteiger partial charge in [0.25, 0.3) is 0 Å². The summed E-state index contributed by atoms with van der Waals surface area (Å²) in [5.41, 5.74) is 0. The lowest BCUT2D eigenvalue weighted by Crippen LogP contribution is -2.02. The molecule has 1 aromatic heterocycles. The van der Waals surface area contributed by atoms with Crippen molar-refractivity contribution in [1.29, 1.82) is 0 Å². The van der Waals surface area contributed by atoms with E-state index < -0.39 is 0 Å². The Kier molecular flexibility index (Phi) is 3.56. The number of carbonyl (C=O) groups excluding carboxylic acids is 1. The van der Waals surface area contributed by atoms with Crippen LogP contribution in [0.4, 0.5) is 0 Å². The van der Waals surface area contributed by atoms with Crippen LogP contribution < -0.4 is 0 Å². The monoisotopic (exact) mass is 204 g/mol. The first-order valence-corrected chi connectivity index (χ1v) is 4.81. The molecule has 0 aromatic carbocycles. The molecule has 1 rings (SSSR count). The molecule has 0 saturated heterocycles. The Morgan fingerprint density at radius 3 is 2.75 bits per heavy atom. The number of ether oxygens (including phenoxy) is 1. The van der Waals surface area contributed by atoms with Crippen molar-refractivity contribution in [3.05, 3.63) is 21.9 Å². The lowest BCUT2D eigenvalue weighted by atomic mass is 10.3. The molecule has 0 bridgehead atoms. The van der Waals surface area contributed by atoms with Crippen molar-refractivity contribution in [1.82, 2.24) is 0 Å². The number of thiophene rings is 1. The van der Waals surface area contributed by atoms with Crippen molar-refractivity contribution >= 4 is 28.9 Å². The predicted molar refractivity (Wildman–Crippen MR) is 49.6 cm³/mol. The summed E-state index contributed by atoms with van der Waals surface area (Å²) < 4.78 is 4.53. The van der Waals surface area contributed by atoms with Crippen LogP contribution in [-0.2, 0) is 21.8 Å². The van der Waals surface area contributed by atoms with Gasteiger partial charge < -0.3 is 4.74 Å². The zero-order valence-corrected chi connectivity index (χ0v) is 8.24. The molecule has 0 aliphatic heterocycles. The van der Waals surface area contributed by atoms with E-state index in [-0.39, 0.29) is 5.97 Å². The van der Waals surface area contributed by atoms with E-state index in [1.807, 2.05) is 12.1 Å². The standard InChI is InChI=1S/C8H9ClO2S/c1-11-8(10)4-6-2-3-7(5-9)12-6/h2-3H,4-5H2,1H3. The molecule has 0 fully saturated rings. The maximum absolute atomic E-state index is 10.8. The van der Waals surface area contributed by atoms with Crippen LogP contribution in [0.15, 0.2) is 12.1 Å². The van der Waals surface area contributed by atoms with E-state index in [0.29, 0.717) is 12.3 Å². The topological polar surface area (TPSA) is 26.3 Å². The Hall–Kier alpha value is -0.540. The summed E-state index contributed by atoms with van der Waals surface area (Å²) in [5.74, 6) is 0.296. The Balaban J connectivity index is 2.58. The second-order valence-electron chi connectivity index (χ2n) is 2.25. The van der Waals surface area contributed by atoms with E-state index in [4.69, 9.17) is 11.6 Å². The van der Waals surface area contributed by atoms with E-state index in [1.54, 1.807) is 11.3 Å². The molecule has 0 N–H and O–H groups in total. The molecule has 0 unspecified atom stereocenters. The number of esters is 1. The van der Waals surface area contributed by atoms with E-state index in [1.165, 1.54) is 7.11 Å². The number of methoxy groups -OCH3 is 1. The van der Waals surface area contributed by atoms with Gasteiger partial charge in [0.15, 0.2) is 0 Å². The molecule has 0 saturated carbocycles. The van der Waals surface area contributed by atoms with Gasteiger partial charge in [-0.05, 0) is 12.1 Å². The Bertz CT molecular complexity index is 270. The molecule has 0 radical (unpaired) electrons. The van der Waals surface area contributed by atoms with Gasteiger partial charge in [0, 0.05) is 9.75 Å². The van der Waals surface area contributed by atoms with Crippen LogP contribution >= 0.6 is 22.9 Å². The fourth-order valence-electron chi connectivity index (χ4n) is 0.804. The van der Waals surface area contributed by atoms with Crippen LogP contribution in [0.3, 0.4) is 0 Å². The zero-order chi connectivity index (χ0) is 8.97. The molecule has 2 nitrogen and oxygen atoms in total. The van der Waals surface area contributed by atoms with Gasteiger partial charge in [-0.25, -0.2) is 0 Å². The molecule has 0 amide bonds. The molecule has 12 heavy (non-hydrogen) atoms. The van der Waals surface area contributed by atoms with Crippen LogP contribution in [0.2, 0.25) is 0 Å². The second-order valence-corrected chi connectivity index (χ2v) is 3.77. The van der Waals surface area contributed by atoms with E-state index in [2.05, 4.69) is 4.74 Å². The van der Waals surface area contributed by atoms with Crippen molar-refractivity contribution in [2.45, 2.75) is 12.3 Å². The SMILES string of the molecule is COC(=O)Cc1ccc(CCl)s1. The average Bonchev–Trinajstić information content (AvgIpc) is 2.52. The lowest BCUT2D eigenvalue weighted by Gasteiger charge is -1.94. The van der Waals surface area contributed by atoms with Gasteiger partial charge in [-0.3, -0.25) is 4.79 Å². The predicted octanol–water partition coefficient (Wildman–Crippen LogP) is 2.20. The summed E-state index contributed by atoms with van der Waals surface area (Å²) >= 11 is 7.15. The van der Waals surface area contributed by atoms with Gasteiger partial charge in [-0.1, -0.05) is 0 Å². The minimum absolute atomic E-state index is 0.210. The van der Waals surface area contributed by atoms with Gasteiger partial charge in [-0.2, -0.15) is 0 Å². The molecule has 4 heteroatoms. The fraction of sp³-hybridized carbons (Fsp3) is 0.375. The quantitative estimate of drug-likeness (QED) is 0.558. The molecular formula is C8H9ClO2S. The van der Waals surface area contributed by atoms with Crippen LogP contribution in [0, 0.1) is 0 Å². The summed E-state index contributed by atoms with van der Waals surface area (Å²) in [6.07, 6.45) is 0.345. The summed E-state index contributed by atoms with van der Waals surface area (Å²) in [6, 6.07) is 3.83. The zero-order valence-electron chi connectivity index (χ0n) is 6.67. The molecule has 0 atom stereocenters. The van der Waals surface area contributed by atoms with Crippen LogP contribution in [0.5, 0.6) is 0 Å². The van der Waals surface area contributed by atoms with Gasteiger partial charge >= 0.3 is 5.97 Å². The lowest BCUT2D eigenvalue weighted by molar-refractivity contribution is -0.139. The number of alkyl halides is 1. The van der Waals surface area contributed by atoms with Crippen molar-refractivity contribution in [3.63, 3.8) is 0 Å². The minimum Gasteiger partial charge on any atom is -0.469 e. The van der Waals surface area contributed by atoms with Crippen molar-refractivity contribution in [2.24, 2.45) is 0 Å². The maximum atomic E-state index is 10.8. The third-order valence-electron chi connectivity index (χ3n) is 1.40. The summed E-state index contributed by atoms with van der Waals surface area (Å²) in [5, 5.41) is 0. The summed E-state index contributed by atoms with van der Waals surface area (Å²) in [6.45, 7) is 0. The van der Waals surface area contributed by atoms with E-state index in [9.17, 15) is 4.79 Å². The highest BCUT2D eigenvalue weighted by Gasteiger charge is 2.04. The molecule has 66 valence electrons. The highest BCUT2D eigenvalue weighted by Crippen LogP contribution is 2.18. The molecule has 0 aliphatic rings. The molecule has 0 aliphatic carbocycles. The van der Waals surface area contributed by atoms with Crippen molar-refractivity contribution in [2.75, 3.05) is 7.11 Å². The number of carbonyl (C=O) groups is 1. The third kappa shape index (κ3) is 2.50. The van der Waals surface area contributed by atoms with Gasteiger partial charge in [-0.15, -0.1) is 22.9 Å². The molecule has 1 aromatic rings. The number of hydrogen-bond donors (Lipinski definition) is 0. The maximum Gasteiger partial charge on any atom is 0.310 e. The summed E-state index contributed by atoms with van der Waals surface area (Å²) in [4.78, 5) is 12.9. The second kappa shape index (κ2) is 4.48. The van der Waals surface area contributed by atoms with E-state index >= 15 is 0 Å². The van der Waals surface area contributed by atoms with Gasteiger partial charge in [0.2, 0.25) is 0 Å². The molecular weight excluding hydrogens is 196 g/mol.